The van der Waals surface area contributed by atoms with Gasteiger partial charge in [0, 0.05) is 19.2 Å². The van der Waals surface area contributed by atoms with Crippen LogP contribution in [0.5, 0.6) is 11.5 Å². The fraction of sp³-hybridized carbons (Fsp3) is 0.556. The first-order chi connectivity index (χ1) is 11.4. The highest BCUT2D eigenvalue weighted by Gasteiger charge is 2.14. The number of ether oxygens (including phenoxy) is 2. The number of rotatable bonds is 9. The summed E-state index contributed by atoms with van der Waals surface area (Å²) < 4.78 is 11.0. The van der Waals surface area contributed by atoms with E-state index in [1.54, 1.807) is 30.1 Å². The summed E-state index contributed by atoms with van der Waals surface area (Å²) in [5, 5.41) is 2.65. The van der Waals surface area contributed by atoms with E-state index in [-0.39, 0.29) is 18.4 Å². The minimum absolute atomic E-state index is 0.0285. The molecule has 0 atom stereocenters. The van der Waals surface area contributed by atoms with Gasteiger partial charge in [-0.05, 0) is 38.0 Å². The molecule has 0 bridgehead atoms. The summed E-state index contributed by atoms with van der Waals surface area (Å²) in [4.78, 5) is 25.9. The number of nitrogens with zero attached hydrogens (tertiary/aromatic N) is 1. The van der Waals surface area contributed by atoms with Crippen molar-refractivity contribution in [3.8, 4) is 11.5 Å². The lowest BCUT2D eigenvalue weighted by Crippen LogP contribution is -2.39. The van der Waals surface area contributed by atoms with Gasteiger partial charge in [-0.15, -0.1) is 0 Å². The zero-order valence-corrected chi connectivity index (χ0v) is 15.2. The Bertz CT molecular complexity index is 558. The average molecular weight is 336 g/mol. The number of carbonyl (C=O) groups is 2. The predicted octanol–water partition coefficient (Wildman–Crippen LogP) is 2.33. The van der Waals surface area contributed by atoms with Gasteiger partial charge in [0.05, 0.1) is 19.8 Å². The molecule has 0 aliphatic heterocycles. The summed E-state index contributed by atoms with van der Waals surface area (Å²) in [7, 11) is 1.73. The molecule has 1 aromatic carbocycles. The third-order valence-corrected chi connectivity index (χ3v) is 3.27. The van der Waals surface area contributed by atoms with Gasteiger partial charge in [0.1, 0.15) is 0 Å². The van der Waals surface area contributed by atoms with Crippen LogP contribution in [0.3, 0.4) is 0 Å². The van der Waals surface area contributed by atoms with Crippen molar-refractivity contribution in [1.29, 1.82) is 0 Å². The number of benzene rings is 1. The lowest BCUT2D eigenvalue weighted by molar-refractivity contribution is -0.129. The molecule has 0 heterocycles. The Morgan fingerprint density at radius 2 is 1.75 bits per heavy atom. The van der Waals surface area contributed by atoms with Crippen LogP contribution in [-0.2, 0) is 4.79 Å². The smallest absolute Gasteiger partial charge is 0.251 e. The Balaban J connectivity index is 2.70. The molecule has 0 saturated carbocycles. The molecular weight excluding hydrogens is 308 g/mol. The van der Waals surface area contributed by atoms with Crippen LogP contribution >= 0.6 is 0 Å². The molecule has 6 nitrogen and oxygen atoms in total. The quantitative estimate of drug-likeness (QED) is 0.751. The van der Waals surface area contributed by atoms with E-state index in [1.807, 2.05) is 27.7 Å². The molecule has 0 aliphatic carbocycles. The zero-order valence-electron chi connectivity index (χ0n) is 15.2. The zero-order chi connectivity index (χ0) is 18.1. The van der Waals surface area contributed by atoms with Crippen molar-refractivity contribution in [2.45, 2.75) is 27.7 Å². The van der Waals surface area contributed by atoms with E-state index in [4.69, 9.17) is 9.47 Å². The first-order valence-electron chi connectivity index (χ1n) is 8.30. The summed E-state index contributed by atoms with van der Waals surface area (Å²) in [6, 6.07) is 4.99. The van der Waals surface area contributed by atoms with E-state index < -0.39 is 0 Å². The van der Waals surface area contributed by atoms with Gasteiger partial charge < -0.3 is 19.7 Å². The number of hydrogen-bond donors (Lipinski definition) is 1. The maximum absolute atomic E-state index is 12.2. The van der Waals surface area contributed by atoms with E-state index in [2.05, 4.69) is 5.32 Å². The van der Waals surface area contributed by atoms with Crippen molar-refractivity contribution < 1.29 is 19.1 Å². The van der Waals surface area contributed by atoms with E-state index in [1.165, 1.54) is 0 Å². The van der Waals surface area contributed by atoms with Crippen LogP contribution in [0.2, 0.25) is 0 Å². The Kier molecular flexibility index (Phi) is 8.09. The molecule has 6 heteroatoms. The first kappa shape index (κ1) is 19.8. The van der Waals surface area contributed by atoms with Crippen molar-refractivity contribution in [1.82, 2.24) is 10.2 Å². The Morgan fingerprint density at radius 3 is 2.33 bits per heavy atom. The Hall–Kier alpha value is -2.24. The fourth-order valence-electron chi connectivity index (χ4n) is 2.23. The molecule has 1 aromatic rings. The molecule has 0 aliphatic rings. The number of hydrogen-bond acceptors (Lipinski definition) is 4. The third kappa shape index (κ3) is 6.10. The number of nitrogens with one attached hydrogen (secondary N) is 1. The standard InChI is InChI=1S/C18H28N2O4/c1-6-23-15-9-8-14(10-16(15)24-7-2)18(22)19-11-17(21)20(5)12-13(3)4/h8-10,13H,6-7,11-12H2,1-5H3,(H,19,22). The third-order valence-electron chi connectivity index (χ3n) is 3.27. The summed E-state index contributed by atoms with van der Waals surface area (Å²) in [6.45, 7) is 9.45. The van der Waals surface area contributed by atoms with Gasteiger partial charge in [-0.25, -0.2) is 0 Å². The first-order valence-corrected chi connectivity index (χ1v) is 8.30. The SMILES string of the molecule is CCOc1ccc(C(=O)NCC(=O)N(C)CC(C)C)cc1OCC. The molecule has 0 fully saturated rings. The van der Waals surface area contributed by atoms with E-state index in [9.17, 15) is 9.59 Å². The topological polar surface area (TPSA) is 67.9 Å². The average Bonchev–Trinajstić information content (AvgIpc) is 2.53. The normalized spacial score (nSPS) is 10.4. The highest BCUT2D eigenvalue weighted by atomic mass is 16.5. The van der Waals surface area contributed by atoms with Gasteiger partial charge >= 0.3 is 0 Å². The summed E-state index contributed by atoms with van der Waals surface area (Å²) in [6.07, 6.45) is 0. The molecular formula is C18H28N2O4. The second kappa shape index (κ2) is 9.80. The summed E-state index contributed by atoms with van der Waals surface area (Å²) in [5.74, 6) is 1.08. The molecule has 0 saturated heterocycles. The number of amides is 2. The lowest BCUT2D eigenvalue weighted by Gasteiger charge is -2.19. The minimum atomic E-state index is -0.315. The second-order valence-corrected chi connectivity index (χ2v) is 5.88. The van der Waals surface area contributed by atoms with Gasteiger partial charge in [0.25, 0.3) is 5.91 Å². The van der Waals surface area contributed by atoms with Crippen molar-refractivity contribution in [2.75, 3.05) is 33.4 Å². The summed E-state index contributed by atoms with van der Waals surface area (Å²) in [5.41, 5.74) is 0.432. The van der Waals surface area contributed by atoms with E-state index in [0.29, 0.717) is 42.7 Å². The van der Waals surface area contributed by atoms with Crippen molar-refractivity contribution in [3.05, 3.63) is 23.8 Å². The molecule has 134 valence electrons. The highest BCUT2D eigenvalue weighted by Crippen LogP contribution is 2.28. The molecule has 0 unspecified atom stereocenters. The summed E-state index contributed by atoms with van der Waals surface area (Å²) >= 11 is 0. The molecule has 2 amide bonds. The van der Waals surface area contributed by atoms with Gasteiger partial charge in [-0.3, -0.25) is 9.59 Å². The Morgan fingerprint density at radius 1 is 1.12 bits per heavy atom. The van der Waals surface area contributed by atoms with Gasteiger partial charge in [-0.2, -0.15) is 0 Å². The molecule has 0 aromatic heterocycles. The van der Waals surface area contributed by atoms with Crippen LogP contribution in [-0.4, -0.2) is 50.1 Å². The number of likely N-dealkylation sites (N-methyl/N-ethyl adjacent to an activating group) is 1. The van der Waals surface area contributed by atoms with Crippen molar-refractivity contribution in [2.24, 2.45) is 5.92 Å². The van der Waals surface area contributed by atoms with Crippen LogP contribution in [0.4, 0.5) is 0 Å². The van der Waals surface area contributed by atoms with Crippen LogP contribution in [0, 0.1) is 5.92 Å². The van der Waals surface area contributed by atoms with Gasteiger partial charge in [0.15, 0.2) is 11.5 Å². The molecule has 0 spiro atoms. The second-order valence-electron chi connectivity index (χ2n) is 5.88. The maximum atomic E-state index is 12.2. The van der Waals surface area contributed by atoms with Gasteiger partial charge in [0.2, 0.25) is 5.91 Å². The van der Waals surface area contributed by atoms with Crippen LogP contribution in [0.25, 0.3) is 0 Å². The molecule has 24 heavy (non-hydrogen) atoms. The van der Waals surface area contributed by atoms with Crippen LogP contribution in [0.15, 0.2) is 18.2 Å². The monoisotopic (exact) mass is 336 g/mol. The van der Waals surface area contributed by atoms with Crippen LogP contribution < -0.4 is 14.8 Å². The molecule has 1 rings (SSSR count). The maximum Gasteiger partial charge on any atom is 0.251 e. The minimum Gasteiger partial charge on any atom is -0.490 e. The van der Waals surface area contributed by atoms with E-state index >= 15 is 0 Å². The highest BCUT2D eigenvalue weighted by molar-refractivity contribution is 5.97. The predicted molar refractivity (Wildman–Crippen MR) is 93.6 cm³/mol. The molecule has 0 radical (unpaired) electrons. The van der Waals surface area contributed by atoms with Gasteiger partial charge in [-0.1, -0.05) is 13.8 Å². The number of carbonyl (C=O) groups excluding carboxylic acids is 2. The van der Waals surface area contributed by atoms with Crippen molar-refractivity contribution in [3.63, 3.8) is 0 Å². The van der Waals surface area contributed by atoms with E-state index in [0.717, 1.165) is 0 Å². The molecule has 1 N–H and O–H groups in total. The van der Waals surface area contributed by atoms with Crippen LogP contribution in [0.1, 0.15) is 38.1 Å². The fourth-order valence-corrected chi connectivity index (χ4v) is 2.23. The lowest BCUT2D eigenvalue weighted by atomic mass is 10.2. The van der Waals surface area contributed by atoms with Crippen molar-refractivity contribution >= 4 is 11.8 Å². The Labute approximate surface area is 144 Å². The largest absolute Gasteiger partial charge is 0.490 e.